The molecular formula is C11H15NO6S. The second-order valence-corrected chi connectivity index (χ2v) is 6.19. The number of rotatable bonds is 3. The molecule has 19 heavy (non-hydrogen) atoms. The van der Waals surface area contributed by atoms with Crippen LogP contribution in [0, 0.1) is 0 Å². The van der Waals surface area contributed by atoms with Crippen molar-refractivity contribution in [3.05, 3.63) is 17.9 Å². The summed E-state index contributed by atoms with van der Waals surface area (Å²) in [6, 6.07) is 2.29. The molecule has 0 aliphatic carbocycles. The zero-order valence-corrected chi connectivity index (χ0v) is 11.2. The van der Waals surface area contributed by atoms with Crippen molar-refractivity contribution < 1.29 is 27.5 Å². The van der Waals surface area contributed by atoms with Gasteiger partial charge in [-0.1, -0.05) is 0 Å². The van der Waals surface area contributed by atoms with E-state index in [0.717, 1.165) is 12.1 Å². The van der Waals surface area contributed by atoms with Gasteiger partial charge >= 0.3 is 5.97 Å². The number of carbonyl (C=O) groups is 1. The molecule has 1 saturated heterocycles. The third kappa shape index (κ3) is 2.96. The third-order valence-electron chi connectivity index (χ3n) is 2.80. The lowest BCUT2D eigenvalue weighted by molar-refractivity contribution is 0.0655. The van der Waals surface area contributed by atoms with Crippen LogP contribution >= 0.6 is 0 Å². The lowest BCUT2D eigenvalue weighted by Gasteiger charge is -2.19. The Kier molecular flexibility index (Phi) is 3.93. The van der Waals surface area contributed by atoms with Crippen molar-refractivity contribution in [3.8, 4) is 0 Å². The zero-order chi connectivity index (χ0) is 14.0. The molecule has 1 atom stereocenters. The maximum atomic E-state index is 12.3. The van der Waals surface area contributed by atoms with Gasteiger partial charge < -0.3 is 14.3 Å². The summed E-state index contributed by atoms with van der Waals surface area (Å²) in [5.74, 6) is -1.69. The van der Waals surface area contributed by atoms with Gasteiger partial charge in [0.25, 0.3) is 10.0 Å². The van der Waals surface area contributed by atoms with E-state index in [1.165, 1.54) is 4.31 Å². The molecule has 0 saturated carbocycles. The predicted molar refractivity (Wildman–Crippen MR) is 64.5 cm³/mol. The van der Waals surface area contributed by atoms with Gasteiger partial charge in [-0.3, -0.25) is 0 Å². The van der Waals surface area contributed by atoms with Crippen molar-refractivity contribution in [1.82, 2.24) is 4.31 Å². The summed E-state index contributed by atoms with van der Waals surface area (Å²) in [5.41, 5.74) is 0. The molecule has 1 aliphatic rings. The predicted octanol–water partition coefficient (Wildman–Crippen LogP) is 0.777. The number of aromatic carboxylic acids is 1. The largest absolute Gasteiger partial charge is 0.475 e. The molecule has 0 bridgehead atoms. The molecular weight excluding hydrogens is 274 g/mol. The smallest absolute Gasteiger partial charge is 0.371 e. The number of carboxylic acid groups (broad SMARTS) is 1. The van der Waals surface area contributed by atoms with E-state index in [4.69, 9.17) is 14.3 Å². The molecule has 1 fully saturated rings. The minimum absolute atomic E-state index is 0.203. The van der Waals surface area contributed by atoms with Crippen LogP contribution < -0.4 is 0 Å². The van der Waals surface area contributed by atoms with E-state index >= 15 is 0 Å². The third-order valence-corrected chi connectivity index (χ3v) is 4.54. The Morgan fingerprint density at radius 1 is 1.47 bits per heavy atom. The molecule has 0 spiro atoms. The summed E-state index contributed by atoms with van der Waals surface area (Å²) in [6.45, 7) is 2.85. The van der Waals surface area contributed by atoms with Crippen molar-refractivity contribution in [2.75, 3.05) is 19.7 Å². The molecule has 8 heteroatoms. The Balaban J connectivity index is 2.27. The van der Waals surface area contributed by atoms with Gasteiger partial charge in [-0.15, -0.1) is 0 Å². The normalized spacial score (nSPS) is 22.1. The summed E-state index contributed by atoms with van der Waals surface area (Å²) >= 11 is 0. The van der Waals surface area contributed by atoms with Gasteiger partial charge in [-0.05, 0) is 25.5 Å². The molecule has 0 aromatic carbocycles. The van der Waals surface area contributed by atoms with Gasteiger partial charge in [0.1, 0.15) is 0 Å². The van der Waals surface area contributed by atoms with Crippen LogP contribution in [-0.2, 0) is 14.8 Å². The van der Waals surface area contributed by atoms with Crippen LogP contribution in [0.1, 0.15) is 23.9 Å². The number of ether oxygens (including phenoxy) is 1. The SMILES string of the molecule is CC1CN(S(=O)(=O)c2ccc(C(=O)O)o2)CCCO1. The van der Waals surface area contributed by atoms with E-state index in [2.05, 4.69) is 0 Å². The first-order chi connectivity index (χ1) is 8.91. The van der Waals surface area contributed by atoms with E-state index in [1.807, 2.05) is 0 Å². The molecule has 1 aromatic heterocycles. The number of hydrogen-bond acceptors (Lipinski definition) is 5. The van der Waals surface area contributed by atoms with Crippen LogP contribution in [0.2, 0.25) is 0 Å². The molecule has 106 valence electrons. The highest BCUT2D eigenvalue weighted by atomic mass is 32.2. The number of carboxylic acids is 1. The van der Waals surface area contributed by atoms with E-state index in [-0.39, 0.29) is 17.7 Å². The molecule has 1 unspecified atom stereocenters. The van der Waals surface area contributed by atoms with Crippen molar-refractivity contribution in [2.24, 2.45) is 0 Å². The van der Waals surface area contributed by atoms with E-state index in [1.54, 1.807) is 6.92 Å². The number of sulfonamides is 1. The van der Waals surface area contributed by atoms with Crippen LogP contribution in [0.25, 0.3) is 0 Å². The summed E-state index contributed by atoms with van der Waals surface area (Å²) < 4.78 is 36.1. The van der Waals surface area contributed by atoms with E-state index in [9.17, 15) is 13.2 Å². The summed E-state index contributed by atoms with van der Waals surface area (Å²) in [7, 11) is -3.81. The fourth-order valence-electron chi connectivity index (χ4n) is 1.88. The van der Waals surface area contributed by atoms with Crippen LogP contribution in [0.5, 0.6) is 0 Å². The highest BCUT2D eigenvalue weighted by Crippen LogP contribution is 2.21. The first-order valence-corrected chi connectivity index (χ1v) is 7.30. The quantitative estimate of drug-likeness (QED) is 0.883. The van der Waals surface area contributed by atoms with Crippen LogP contribution in [-0.4, -0.2) is 49.6 Å². The minimum Gasteiger partial charge on any atom is -0.475 e. The topological polar surface area (TPSA) is 97.1 Å². The maximum absolute atomic E-state index is 12.3. The van der Waals surface area contributed by atoms with Gasteiger partial charge in [-0.2, -0.15) is 4.31 Å². The highest BCUT2D eigenvalue weighted by molar-refractivity contribution is 7.89. The molecule has 1 aliphatic heterocycles. The Labute approximate surface area is 110 Å². The van der Waals surface area contributed by atoms with Crippen molar-refractivity contribution in [3.63, 3.8) is 0 Å². The fraction of sp³-hybridized carbons (Fsp3) is 0.545. The van der Waals surface area contributed by atoms with Crippen molar-refractivity contribution in [2.45, 2.75) is 24.5 Å². The molecule has 2 rings (SSSR count). The Bertz CT molecular complexity index is 563. The average molecular weight is 289 g/mol. The second-order valence-electron chi connectivity index (χ2n) is 4.32. The van der Waals surface area contributed by atoms with Gasteiger partial charge in [-0.25, -0.2) is 13.2 Å². The van der Waals surface area contributed by atoms with E-state index < -0.39 is 21.8 Å². The Morgan fingerprint density at radius 3 is 2.84 bits per heavy atom. The van der Waals surface area contributed by atoms with Crippen LogP contribution in [0.4, 0.5) is 0 Å². The number of hydrogen-bond donors (Lipinski definition) is 1. The molecule has 2 heterocycles. The van der Waals surface area contributed by atoms with Crippen LogP contribution in [0.15, 0.2) is 21.6 Å². The first kappa shape index (κ1) is 14.0. The van der Waals surface area contributed by atoms with Gasteiger partial charge in [0.2, 0.25) is 10.9 Å². The fourth-order valence-corrected chi connectivity index (χ4v) is 3.34. The summed E-state index contributed by atoms with van der Waals surface area (Å²) in [6.07, 6.45) is 0.391. The van der Waals surface area contributed by atoms with Crippen molar-refractivity contribution in [1.29, 1.82) is 0 Å². The maximum Gasteiger partial charge on any atom is 0.371 e. The summed E-state index contributed by atoms with van der Waals surface area (Å²) in [5, 5.41) is 8.39. The second kappa shape index (κ2) is 5.32. The molecule has 1 N–H and O–H groups in total. The van der Waals surface area contributed by atoms with Gasteiger partial charge in [0.15, 0.2) is 0 Å². The van der Waals surface area contributed by atoms with E-state index in [0.29, 0.717) is 19.6 Å². The zero-order valence-electron chi connectivity index (χ0n) is 10.4. The molecule has 0 radical (unpaired) electrons. The molecule has 1 aromatic rings. The van der Waals surface area contributed by atoms with Crippen LogP contribution in [0.3, 0.4) is 0 Å². The minimum atomic E-state index is -3.81. The average Bonchev–Trinajstić information content (AvgIpc) is 2.74. The first-order valence-electron chi connectivity index (χ1n) is 5.86. The highest BCUT2D eigenvalue weighted by Gasteiger charge is 2.31. The standard InChI is InChI=1S/C11H15NO6S/c1-8-7-12(5-2-6-17-8)19(15,16)10-4-3-9(18-10)11(13)14/h3-4,8H,2,5-7H2,1H3,(H,13,14). The molecule has 0 amide bonds. The number of furan rings is 1. The Hall–Kier alpha value is -1.38. The van der Waals surface area contributed by atoms with Crippen molar-refractivity contribution >= 4 is 16.0 Å². The summed E-state index contributed by atoms with van der Waals surface area (Å²) in [4.78, 5) is 10.7. The van der Waals surface area contributed by atoms with Gasteiger partial charge in [0, 0.05) is 19.7 Å². The Morgan fingerprint density at radius 2 is 2.21 bits per heavy atom. The number of nitrogens with zero attached hydrogens (tertiary/aromatic N) is 1. The monoisotopic (exact) mass is 289 g/mol. The lowest BCUT2D eigenvalue weighted by atomic mass is 10.4. The lowest BCUT2D eigenvalue weighted by Crippen LogP contribution is -2.35. The van der Waals surface area contributed by atoms with Gasteiger partial charge in [0.05, 0.1) is 6.10 Å². The molecule has 7 nitrogen and oxygen atoms in total.